The van der Waals surface area contributed by atoms with Crippen LogP contribution in [0.4, 0.5) is 0 Å². The zero-order valence-electron chi connectivity index (χ0n) is 11.8. The molecule has 0 spiro atoms. The molecule has 4 heteroatoms. The Bertz CT molecular complexity index is 473. The number of hydrogen-bond acceptors (Lipinski definition) is 2. The summed E-state index contributed by atoms with van der Waals surface area (Å²) in [7, 11) is 4.17. The minimum absolute atomic E-state index is 0.158. The highest BCUT2D eigenvalue weighted by molar-refractivity contribution is 9.10. The maximum absolute atomic E-state index is 12.6. The van der Waals surface area contributed by atoms with Crippen molar-refractivity contribution in [1.29, 1.82) is 0 Å². The third-order valence-electron chi connectivity index (χ3n) is 3.84. The molecule has 1 atom stereocenters. The highest BCUT2D eigenvalue weighted by Crippen LogP contribution is 2.21. The predicted molar refractivity (Wildman–Crippen MR) is 81.5 cm³/mol. The van der Waals surface area contributed by atoms with E-state index in [2.05, 4.69) is 34.9 Å². The largest absolute Gasteiger partial charge is 0.337 e. The van der Waals surface area contributed by atoms with E-state index in [4.69, 9.17) is 0 Å². The lowest BCUT2D eigenvalue weighted by molar-refractivity contribution is 0.0634. The second kappa shape index (κ2) is 6.06. The molecule has 1 aliphatic heterocycles. The molecule has 1 aliphatic rings. The molecule has 2 rings (SSSR count). The van der Waals surface area contributed by atoms with E-state index in [0.29, 0.717) is 6.04 Å². The molecule has 1 unspecified atom stereocenters. The molecule has 19 heavy (non-hydrogen) atoms. The second-order valence-corrected chi connectivity index (χ2v) is 6.39. The van der Waals surface area contributed by atoms with Crippen molar-refractivity contribution in [3.05, 3.63) is 33.8 Å². The molecule has 1 amide bonds. The molecule has 1 aromatic carbocycles. The number of likely N-dealkylation sites (tertiary alicyclic amines) is 1. The van der Waals surface area contributed by atoms with Gasteiger partial charge in [0.05, 0.1) is 0 Å². The summed E-state index contributed by atoms with van der Waals surface area (Å²) < 4.78 is 0.961. The molecule has 1 heterocycles. The number of aryl methyl sites for hydroxylation is 1. The quantitative estimate of drug-likeness (QED) is 0.835. The lowest BCUT2D eigenvalue weighted by Gasteiger charge is -2.36. The number of rotatable bonds is 2. The summed E-state index contributed by atoms with van der Waals surface area (Å²) in [5.74, 6) is 0.158. The van der Waals surface area contributed by atoms with Gasteiger partial charge in [-0.1, -0.05) is 22.0 Å². The Hall–Kier alpha value is -0.870. The molecule has 0 aliphatic carbocycles. The van der Waals surface area contributed by atoms with Crippen molar-refractivity contribution < 1.29 is 4.79 Å². The van der Waals surface area contributed by atoms with Gasteiger partial charge in [0.15, 0.2) is 0 Å². The molecule has 0 saturated carbocycles. The molecule has 1 aromatic rings. The summed E-state index contributed by atoms with van der Waals surface area (Å²) in [6.45, 7) is 3.69. The summed E-state index contributed by atoms with van der Waals surface area (Å²) in [5.41, 5.74) is 1.86. The van der Waals surface area contributed by atoms with Crippen LogP contribution in [-0.2, 0) is 0 Å². The Labute approximate surface area is 123 Å². The predicted octanol–water partition coefficient (Wildman–Crippen LogP) is 2.92. The van der Waals surface area contributed by atoms with Crippen LogP contribution >= 0.6 is 15.9 Å². The number of benzene rings is 1. The van der Waals surface area contributed by atoms with Gasteiger partial charge in [-0.25, -0.2) is 0 Å². The van der Waals surface area contributed by atoms with E-state index in [9.17, 15) is 4.79 Å². The van der Waals surface area contributed by atoms with Crippen LogP contribution in [0.2, 0.25) is 0 Å². The van der Waals surface area contributed by atoms with Crippen LogP contribution in [0.15, 0.2) is 22.7 Å². The Balaban J connectivity index is 2.17. The number of amides is 1. The fourth-order valence-corrected chi connectivity index (χ4v) is 2.92. The van der Waals surface area contributed by atoms with Gasteiger partial charge >= 0.3 is 0 Å². The number of hydrogen-bond donors (Lipinski definition) is 0. The van der Waals surface area contributed by atoms with Crippen LogP contribution < -0.4 is 0 Å². The number of carbonyl (C=O) groups is 1. The van der Waals surface area contributed by atoms with Gasteiger partial charge in [0, 0.05) is 29.2 Å². The van der Waals surface area contributed by atoms with E-state index >= 15 is 0 Å². The first-order chi connectivity index (χ1) is 8.99. The Morgan fingerprint density at radius 3 is 2.84 bits per heavy atom. The SMILES string of the molecule is Cc1ccc(Br)cc1C(=O)N1CCCC(N(C)C)C1. The number of carbonyl (C=O) groups excluding carboxylic acids is 1. The van der Waals surface area contributed by atoms with Crippen molar-refractivity contribution in [2.75, 3.05) is 27.2 Å². The zero-order chi connectivity index (χ0) is 14.0. The Kier molecular flexibility index (Phi) is 4.63. The van der Waals surface area contributed by atoms with E-state index in [-0.39, 0.29) is 5.91 Å². The number of piperidine rings is 1. The van der Waals surface area contributed by atoms with Crippen molar-refractivity contribution in [3.8, 4) is 0 Å². The lowest BCUT2D eigenvalue weighted by atomic mass is 10.0. The third-order valence-corrected chi connectivity index (χ3v) is 4.34. The van der Waals surface area contributed by atoms with Gasteiger partial charge in [-0.05, 0) is 51.6 Å². The fraction of sp³-hybridized carbons (Fsp3) is 0.533. The van der Waals surface area contributed by atoms with E-state index in [1.54, 1.807) is 0 Å². The molecular formula is C15H21BrN2O. The minimum atomic E-state index is 0.158. The Morgan fingerprint density at radius 2 is 2.16 bits per heavy atom. The molecule has 1 fully saturated rings. The van der Waals surface area contributed by atoms with Gasteiger partial charge in [0.2, 0.25) is 0 Å². The van der Waals surface area contributed by atoms with E-state index < -0.39 is 0 Å². The average molecular weight is 325 g/mol. The molecular weight excluding hydrogens is 304 g/mol. The summed E-state index contributed by atoms with van der Waals surface area (Å²) in [6.07, 6.45) is 2.26. The van der Waals surface area contributed by atoms with E-state index in [0.717, 1.165) is 35.1 Å². The van der Waals surface area contributed by atoms with Crippen molar-refractivity contribution in [2.24, 2.45) is 0 Å². The normalized spacial score (nSPS) is 19.8. The summed E-state index contributed by atoms with van der Waals surface area (Å²) in [6, 6.07) is 6.37. The molecule has 0 aromatic heterocycles. The van der Waals surface area contributed by atoms with Crippen LogP contribution in [-0.4, -0.2) is 48.9 Å². The van der Waals surface area contributed by atoms with Crippen molar-refractivity contribution in [1.82, 2.24) is 9.80 Å². The molecule has 104 valence electrons. The molecule has 0 bridgehead atoms. The summed E-state index contributed by atoms with van der Waals surface area (Å²) >= 11 is 3.44. The average Bonchev–Trinajstić information content (AvgIpc) is 2.41. The van der Waals surface area contributed by atoms with Gasteiger partial charge < -0.3 is 9.80 Å². The number of likely N-dealkylation sites (N-methyl/N-ethyl adjacent to an activating group) is 1. The van der Waals surface area contributed by atoms with Crippen molar-refractivity contribution in [3.63, 3.8) is 0 Å². The van der Waals surface area contributed by atoms with Gasteiger partial charge in [-0.3, -0.25) is 4.79 Å². The van der Waals surface area contributed by atoms with Crippen LogP contribution in [0.1, 0.15) is 28.8 Å². The first-order valence-electron chi connectivity index (χ1n) is 6.71. The standard InChI is InChI=1S/C15H21BrN2O/c1-11-6-7-12(16)9-14(11)15(19)18-8-4-5-13(10-18)17(2)3/h6-7,9,13H,4-5,8,10H2,1-3H3. The van der Waals surface area contributed by atoms with Crippen molar-refractivity contribution >= 4 is 21.8 Å². The maximum Gasteiger partial charge on any atom is 0.254 e. The first kappa shape index (κ1) is 14.5. The van der Waals surface area contributed by atoms with Crippen LogP contribution in [0.5, 0.6) is 0 Å². The van der Waals surface area contributed by atoms with Gasteiger partial charge in [0.25, 0.3) is 5.91 Å². The highest BCUT2D eigenvalue weighted by Gasteiger charge is 2.26. The maximum atomic E-state index is 12.6. The van der Waals surface area contributed by atoms with Gasteiger partial charge in [0.1, 0.15) is 0 Å². The highest BCUT2D eigenvalue weighted by atomic mass is 79.9. The Morgan fingerprint density at radius 1 is 1.42 bits per heavy atom. The summed E-state index contributed by atoms with van der Waals surface area (Å²) in [4.78, 5) is 16.8. The monoisotopic (exact) mass is 324 g/mol. The van der Waals surface area contributed by atoms with E-state index in [1.807, 2.05) is 30.0 Å². The first-order valence-corrected chi connectivity index (χ1v) is 7.50. The van der Waals surface area contributed by atoms with Crippen LogP contribution in [0, 0.1) is 6.92 Å². The lowest BCUT2D eigenvalue weighted by Crippen LogP contribution is -2.47. The summed E-state index contributed by atoms with van der Waals surface area (Å²) in [5, 5.41) is 0. The van der Waals surface area contributed by atoms with Gasteiger partial charge in [-0.2, -0.15) is 0 Å². The topological polar surface area (TPSA) is 23.6 Å². The number of halogens is 1. The van der Waals surface area contributed by atoms with Crippen LogP contribution in [0.25, 0.3) is 0 Å². The number of nitrogens with zero attached hydrogens (tertiary/aromatic N) is 2. The minimum Gasteiger partial charge on any atom is -0.337 e. The molecule has 3 nitrogen and oxygen atoms in total. The van der Waals surface area contributed by atoms with E-state index in [1.165, 1.54) is 6.42 Å². The second-order valence-electron chi connectivity index (χ2n) is 5.47. The molecule has 1 saturated heterocycles. The third kappa shape index (κ3) is 3.37. The molecule has 0 radical (unpaired) electrons. The smallest absolute Gasteiger partial charge is 0.254 e. The van der Waals surface area contributed by atoms with Crippen LogP contribution in [0.3, 0.4) is 0 Å². The molecule has 0 N–H and O–H groups in total. The van der Waals surface area contributed by atoms with Gasteiger partial charge in [-0.15, -0.1) is 0 Å². The fourth-order valence-electron chi connectivity index (χ4n) is 2.56. The zero-order valence-corrected chi connectivity index (χ0v) is 13.4. The van der Waals surface area contributed by atoms with Crippen molar-refractivity contribution in [2.45, 2.75) is 25.8 Å².